The molecule has 0 bridgehead atoms. The maximum atomic E-state index is 12.8. The summed E-state index contributed by atoms with van der Waals surface area (Å²) in [7, 11) is 5.43. The lowest BCUT2D eigenvalue weighted by Crippen LogP contribution is -2.55. The van der Waals surface area contributed by atoms with Crippen molar-refractivity contribution >= 4 is 17.9 Å². The highest BCUT2D eigenvalue weighted by Gasteiger charge is 2.25. The van der Waals surface area contributed by atoms with Gasteiger partial charge in [0, 0.05) is 19.3 Å². The number of quaternary nitrogens is 1. The van der Waals surface area contributed by atoms with Gasteiger partial charge < -0.3 is 28.6 Å². The molecule has 0 saturated heterocycles. The van der Waals surface area contributed by atoms with Crippen LogP contribution < -0.4 is 5.11 Å². The Bertz CT molecular complexity index is 1150. The van der Waals surface area contributed by atoms with Crippen molar-refractivity contribution in [1.29, 1.82) is 0 Å². The van der Waals surface area contributed by atoms with Crippen LogP contribution in [0.4, 0.5) is 0 Å². The van der Waals surface area contributed by atoms with Gasteiger partial charge in [-0.15, -0.1) is 0 Å². The number of ether oxygens (including phenoxy) is 3. The van der Waals surface area contributed by atoms with Gasteiger partial charge in [-0.2, -0.15) is 0 Å². The molecule has 0 aromatic carbocycles. The average Bonchev–Trinajstić information content (AvgIpc) is 3.29. The fourth-order valence-corrected chi connectivity index (χ4v) is 8.83. The molecular formula is C59H111NO7. The number of carboxylic acids is 1. The predicted octanol–water partition coefficient (Wildman–Crippen LogP) is 15.8. The number of unbranched alkanes of at least 4 members (excludes halogenated alkanes) is 35. The van der Waals surface area contributed by atoms with E-state index >= 15 is 0 Å². The quantitative estimate of drug-likeness (QED) is 0.0259. The van der Waals surface area contributed by atoms with Crippen LogP contribution in [0, 0.1) is 0 Å². The van der Waals surface area contributed by atoms with Gasteiger partial charge >= 0.3 is 11.9 Å². The van der Waals surface area contributed by atoms with Gasteiger partial charge in [0.1, 0.15) is 12.6 Å². The molecule has 2 unspecified atom stereocenters. The third-order valence-corrected chi connectivity index (χ3v) is 13.3. The van der Waals surface area contributed by atoms with E-state index in [0.717, 1.165) is 38.5 Å². The van der Waals surface area contributed by atoms with Gasteiger partial charge in [-0.1, -0.05) is 224 Å². The highest BCUT2D eigenvalue weighted by atomic mass is 16.6. The van der Waals surface area contributed by atoms with Gasteiger partial charge in [0.2, 0.25) is 0 Å². The molecular weight excluding hydrogens is 835 g/mol. The van der Waals surface area contributed by atoms with Crippen LogP contribution in [0.5, 0.6) is 0 Å². The van der Waals surface area contributed by atoms with E-state index in [-0.39, 0.29) is 42.7 Å². The number of likely N-dealkylation sites (N-methyl/N-ethyl adjacent to an activating group) is 1. The molecule has 0 aromatic heterocycles. The number of nitrogens with zero attached hydrogens (tertiary/aromatic N) is 1. The van der Waals surface area contributed by atoms with Crippen molar-refractivity contribution in [2.45, 2.75) is 296 Å². The monoisotopic (exact) mass is 946 g/mol. The van der Waals surface area contributed by atoms with Gasteiger partial charge in [0.15, 0.2) is 6.10 Å². The van der Waals surface area contributed by atoms with Crippen molar-refractivity contribution in [2.75, 3.05) is 41.0 Å². The van der Waals surface area contributed by atoms with Crippen LogP contribution in [-0.2, 0) is 28.6 Å². The normalized spacial score (nSPS) is 12.9. The minimum atomic E-state index is -1.12. The first-order chi connectivity index (χ1) is 32.6. The molecule has 8 nitrogen and oxygen atoms in total. The van der Waals surface area contributed by atoms with E-state index in [1.54, 1.807) is 0 Å². The van der Waals surface area contributed by atoms with Gasteiger partial charge in [-0.05, 0) is 64.2 Å². The van der Waals surface area contributed by atoms with Gasteiger partial charge in [-0.3, -0.25) is 9.59 Å². The second-order valence-electron chi connectivity index (χ2n) is 20.9. The van der Waals surface area contributed by atoms with E-state index in [0.29, 0.717) is 12.8 Å². The number of allylic oxidation sites excluding steroid dienone is 4. The van der Waals surface area contributed by atoms with Gasteiger partial charge in [0.05, 0.1) is 40.3 Å². The fourth-order valence-electron chi connectivity index (χ4n) is 8.83. The van der Waals surface area contributed by atoms with Crippen molar-refractivity contribution in [2.24, 2.45) is 0 Å². The number of carbonyl (C=O) groups is 3. The fraction of sp³-hybridized carbons (Fsp3) is 0.881. The van der Waals surface area contributed by atoms with Crippen LogP contribution in [-0.4, -0.2) is 75.5 Å². The molecule has 0 heterocycles. The zero-order chi connectivity index (χ0) is 49.2. The molecule has 8 heteroatoms. The summed E-state index contributed by atoms with van der Waals surface area (Å²) in [6, 6.07) is -0.726. The summed E-state index contributed by atoms with van der Waals surface area (Å²) in [5.74, 6) is -1.73. The third kappa shape index (κ3) is 48.6. The molecule has 67 heavy (non-hydrogen) atoms. The zero-order valence-corrected chi connectivity index (χ0v) is 45.1. The molecule has 0 aliphatic carbocycles. The molecule has 2 atom stereocenters. The molecule has 0 aliphatic rings. The van der Waals surface area contributed by atoms with E-state index in [2.05, 4.69) is 38.2 Å². The third-order valence-electron chi connectivity index (χ3n) is 13.3. The Morgan fingerprint density at radius 1 is 0.433 bits per heavy atom. The molecule has 0 aliphatic heterocycles. The van der Waals surface area contributed by atoms with Gasteiger partial charge in [0.25, 0.3) is 0 Å². The minimum Gasteiger partial charge on any atom is -0.544 e. The average molecular weight is 947 g/mol. The summed E-state index contributed by atoms with van der Waals surface area (Å²) < 4.78 is 17.3. The maximum Gasteiger partial charge on any atom is 0.306 e. The molecule has 0 radical (unpaired) electrons. The number of aliphatic carboxylic acids is 1. The maximum absolute atomic E-state index is 12.8. The van der Waals surface area contributed by atoms with Crippen LogP contribution in [0.25, 0.3) is 0 Å². The number of hydrogen-bond acceptors (Lipinski definition) is 7. The van der Waals surface area contributed by atoms with E-state index in [9.17, 15) is 19.5 Å². The Morgan fingerprint density at radius 3 is 1.07 bits per heavy atom. The standard InChI is InChI=1S/C59H111NO7/c1-6-8-10-12-14-16-18-20-22-24-26-28-29-30-32-34-36-38-40-42-44-46-48-50-58(62)67-55(53-65-52-51-56(59(63)64)60(3,4)5)54-66-57(61)49-47-45-43-41-39-37-35-33-31-27-25-23-21-19-17-15-13-11-9-7-2/h27,30-32,55-56H,6-26,28-29,33-54H2,1-5H3/b31-27+,32-30+. The van der Waals surface area contributed by atoms with Crippen LogP contribution in [0.3, 0.4) is 0 Å². The lowest BCUT2D eigenvalue weighted by atomic mass is 10.0. The molecule has 394 valence electrons. The van der Waals surface area contributed by atoms with Crippen LogP contribution in [0.2, 0.25) is 0 Å². The Balaban J connectivity index is 4.16. The summed E-state index contributed by atoms with van der Waals surface area (Å²) in [5, 5.41) is 11.7. The molecule has 0 aromatic rings. The molecule has 0 spiro atoms. The smallest absolute Gasteiger partial charge is 0.306 e. The minimum absolute atomic E-state index is 0.0413. The number of carboxylic acid groups (broad SMARTS) is 1. The number of rotatable bonds is 53. The van der Waals surface area contributed by atoms with Crippen LogP contribution in [0.1, 0.15) is 284 Å². The Morgan fingerprint density at radius 2 is 0.746 bits per heavy atom. The second kappa shape index (κ2) is 50.2. The molecule has 0 fully saturated rings. The largest absolute Gasteiger partial charge is 0.544 e. The summed E-state index contributed by atoms with van der Waals surface area (Å²) in [6.45, 7) is 4.71. The second-order valence-corrected chi connectivity index (χ2v) is 20.9. The Kier molecular flexibility index (Phi) is 48.6. The van der Waals surface area contributed by atoms with Crippen molar-refractivity contribution in [1.82, 2.24) is 0 Å². The number of hydrogen-bond donors (Lipinski definition) is 0. The van der Waals surface area contributed by atoms with E-state index in [1.165, 1.54) is 212 Å². The summed E-state index contributed by atoms with van der Waals surface area (Å²) in [4.78, 5) is 37.1. The van der Waals surface area contributed by atoms with E-state index in [1.807, 2.05) is 21.1 Å². The topological polar surface area (TPSA) is 102 Å². The van der Waals surface area contributed by atoms with Crippen LogP contribution >= 0.6 is 0 Å². The van der Waals surface area contributed by atoms with Crippen molar-refractivity contribution in [3.63, 3.8) is 0 Å². The Hall–Kier alpha value is -2.19. The van der Waals surface area contributed by atoms with Crippen molar-refractivity contribution < 1.29 is 38.2 Å². The summed E-state index contributed by atoms with van der Waals surface area (Å²) >= 11 is 0. The first-order valence-electron chi connectivity index (χ1n) is 28.9. The summed E-state index contributed by atoms with van der Waals surface area (Å²) in [6.07, 6.45) is 59.4. The molecule has 0 N–H and O–H groups in total. The van der Waals surface area contributed by atoms with Crippen molar-refractivity contribution in [3.05, 3.63) is 24.3 Å². The highest BCUT2D eigenvalue weighted by molar-refractivity contribution is 5.70. The number of carbonyl (C=O) groups excluding carboxylic acids is 3. The van der Waals surface area contributed by atoms with Crippen LogP contribution in [0.15, 0.2) is 24.3 Å². The Labute approximate surface area is 415 Å². The SMILES string of the molecule is CCCCCCCCCCC/C=C/CCCCCCCCCC(=O)OCC(COCCC(C(=O)[O-])[N+](C)(C)C)OC(=O)CCCCCCCCC/C=C/CCCCCCCCCCCCCC. The van der Waals surface area contributed by atoms with Gasteiger partial charge in [-0.25, -0.2) is 0 Å². The highest BCUT2D eigenvalue weighted by Crippen LogP contribution is 2.16. The first kappa shape index (κ1) is 64.8. The summed E-state index contributed by atoms with van der Waals surface area (Å²) in [5.41, 5.74) is 0. The molecule has 0 saturated carbocycles. The number of esters is 2. The van der Waals surface area contributed by atoms with E-state index < -0.39 is 18.1 Å². The first-order valence-corrected chi connectivity index (χ1v) is 28.9. The molecule has 0 rings (SSSR count). The lowest BCUT2D eigenvalue weighted by molar-refractivity contribution is -0.889. The van der Waals surface area contributed by atoms with Crippen molar-refractivity contribution in [3.8, 4) is 0 Å². The predicted molar refractivity (Wildman–Crippen MR) is 282 cm³/mol. The lowest BCUT2D eigenvalue weighted by Gasteiger charge is -2.34. The van der Waals surface area contributed by atoms with E-state index in [4.69, 9.17) is 14.2 Å². The zero-order valence-electron chi connectivity index (χ0n) is 45.1. The molecule has 0 amide bonds.